The van der Waals surface area contributed by atoms with Crippen LogP contribution in [0.3, 0.4) is 0 Å². The lowest BCUT2D eigenvalue weighted by atomic mass is 10.1. The third kappa shape index (κ3) is 4.83. The highest BCUT2D eigenvalue weighted by Gasteiger charge is 2.41. The maximum atomic E-state index is 13.1. The first-order valence-electron chi connectivity index (χ1n) is 10.5. The van der Waals surface area contributed by atoms with Crippen LogP contribution in [0.25, 0.3) is 0 Å². The number of carbonyl (C=O) groups is 3. The number of benzene rings is 2. The van der Waals surface area contributed by atoms with Gasteiger partial charge in [-0.2, -0.15) is 0 Å². The molecule has 2 aromatic carbocycles. The minimum Gasteiger partial charge on any atom is -0.354 e. The van der Waals surface area contributed by atoms with E-state index in [1.165, 1.54) is 17.0 Å². The third-order valence-electron chi connectivity index (χ3n) is 5.35. The lowest BCUT2D eigenvalue weighted by molar-refractivity contribution is -0.140. The fraction of sp³-hybridized carbons (Fsp3) is 0.348. The van der Waals surface area contributed by atoms with Crippen molar-refractivity contribution in [2.24, 2.45) is 0 Å². The molecule has 170 valence electrons. The quantitative estimate of drug-likeness (QED) is 0.622. The van der Waals surface area contributed by atoms with Crippen molar-refractivity contribution in [3.05, 3.63) is 65.7 Å². The zero-order valence-corrected chi connectivity index (χ0v) is 19.0. The Kier molecular flexibility index (Phi) is 7.29. The van der Waals surface area contributed by atoms with Crippen molar-refractivity contribution >= 4 is 27.7 Å². The van der Waals surface area contributed by atoms with Gasteiger partial charge in [0.25, 0.3) is 15.9 Å². The van der Waals surface area contributed by atoms with Crippen molar-refractivity contribution < 1.29 is 22.8 Å². The number of nitrogens with one attached hydrogen (secondary N) is 1. The van der Waals surface area contributed by atoms with Gasteiger partial charge in [0.2, 0.25) is 11.8 Å². The first-order chi connectivity index (χ1) is 15.3. The van der Waals surface area contributed by atoms with Crippen LogP contribution in [0.15, 0.2) is 59.5 Å². The van der Waals surface area contributed by atoms with Crippen molar-refractivity contribution in [2.45, 2.75) is 44.2 Å². The van der Waals surface area contributed by atoms with E-state index in [9.17, 15) is 22.8 Å². The minimum atomic E-state index is -3.99. The van der Waals surface area contributed by atoms with Gasteiger partial charge in [0.1, 0.15) is 10.9 Å². The summed E-state index contributed by atoms with van der Waals surface area (Å²) in [6.07, 6.45) is 0.539. The predicted octanol–water partition coefficient (Wildman–Crippen LogP) is 2.16. The van der Waals surface area contributed by atoms with Gasteiger partial charge >= 0.3 is 0 Å². The number of hydrogen-bond donors (Lipinski definition) is 1. The van der Waals surface area contributed by atoms with Gasteiger partial charge in [-0.05, 0) is 31.0 Å². The topological polar surface area (TPSA) is 104 Å². The van der Waals surface area contributed by atoms with E-state index >= 15 is 0 Å². The highest BCUT2D eigenvalue weighted by Crippen LogP contribution is 2.30. The van der Waals surface area contributed by atoms with Gasteiger partial charge in [0.15, 0.2) is 0 Å². The van der Waals surface area contributed by atoms with Crippen molar-refractivity contribution in [3.8, 4) is 0 Å². The van der Waals surface area contributed by atoms with E-state index in [2.05, 4.69) is 5.32 Å². The van der Waals surface area contributed by atoms with E-state index in [0.29, 0.717) is 6.54 Å². The molecule has 0 saturated heterocycles. The molecule has 0 aromatic heterocycles. The first-order valence-corrected chi connectivity index (χ1v) is 12.0. The monoisotopic (exact) mass is 457 g/mol. The van der Waals surface area contributed by atoms with E-state index in [1.807, 2.05) is 37.3 Å². The second kappa shape index (κ2) is 9.95. The van der Waals surface area contributed by atoms with Crippen molar-refractivity contribution in [3.63, 3.8) is 0 Å². The first kappa shape index (κ1) is 23.5. The molecule has 2 aromatic rings. The lowest BCUT2D eigenvalue weighted by Gasteiger charge is -2.29. The normalized spacial score (nSPS) is 15.2. The molecule has 1 aliphatic rings. The van der Waals surface area contributed by atoms with Gasteiger partial charge < -0.3 is 10.2 Å². The summed E-state index contributed by atoms with van der Waals surface area (Å²) in [5.74, 6) is -1.34. The molecule has 8 nitrogen and oxygen atoms in total. The Morgan fingerprint density at radius 1 is 1.06 bits per heavy atom. The van der Waals surface area contributed by atoms with Crippen LogP contribution >= 0.6 is 0 Å². The number of hydrogen-bond acceptors (Lipinski definition) is 5. The molecule has 1 aliphatic heterocycles. The summed E-state index contributed by atoms with van der Waals surface area (Å²) >= 11 is 0. The molecule has 3 rings (SSSR count). The van der Waals surface area contributed by atoms with Gasteiger partial charge in [-0.15, -0.1) is 0 Å². The molecule has 0 saturated carbocycles. The van der Waals surface area contributed by atoms with Crippen molar-refractivity contribution in [1.29, 1.82) is 0 Å². The molecule has 0 bridgehead atoms. The number of carbonyl (C=O) groups excluding carboxylic acids is 3. The SMILES string of the molecule is CCCNC(=O)[C@@H](C)N(Cc1ccccc1)C(=O)CCN1C(=O)c2ccccc2S1(=O)=O. The largest absolute Gasteiger partial charge is 0.354 e. The molecular formula is C23H27N3O5S. The molecule has 1 atom stereocenters. The highest BCUT2D eigenvalue weighted by molar-refractivity contribution is 7.90. The second-order valence-corrected chi connectivity index (χ2v) is 9.43. The van der Waals surface area contributed by atoms with Crippen LogP contribution in [-0.4, -0.2) is 54.5 Å². The van der Waals surface area contributed by atoms with Crippen LogP contribution in [0.5, 0.6) is 0 Å². The smallest absolute Gasteiger partial charge is 0.269 e. The Bertz CT molecular complexity index is 1100. The second-order valence-electron chi connectivity index (χ2n) is 7.60. The number of nitrogens with zero attached hydrogens (tertiary/aromatic N) is 2. The lowest BCUT2D eigenvalue weighted by Crippen LogP contribution is -2.48. The van der Waals surface area contributed by atoms with E-state index < -0.39 is 27.9 Å². The van der Waals surface area contributed by atoms with Crippen LogP contribution < -0.4 is 5.32 Å². The highest BCUT2D eigenvalue weighted by atomic mass is 32.2. The predicted molar refractivity (Wildman–Crippen MR) is 119 cm³/mol. The minimum absolute atomic E-state index is 0.0501. The number of fused-ring (bicyclic) bond motifs is 1. The summed E-state index contributed by atoms with van der Waals surface area (Å²) in [4.78, 5) is 39.6. The molecular weight excluding hydrogens is 430 g/mol. The average Bonchev–Trinajstić information content (AvgIpc) is 2.99. The van der Waals surface area contributed by atoms with Crippen LogP contribution in [0.1, 0.15) is 42.6 Å². The van der Waals surface area contributed by atoms with Gasteiger partial charge in [-0.25, -0.2) is 12.7 Å². The van der Waals surface area contributed by atoms with Gasteiger partial charge in [0, 0.05) is 26.1 Å². The summed E-state index contributed by atoms with van der Waals surface area (Å²) in [6, 6.07) is 14.5. The molecule has 0 fully saturated rings. The maximum absolute atomic E-state index is 13.1. The molecule has 0 spiro atoms. The molecule has 32 heavy (non-hydrogen) atoms. The summed E-state index contributed by atoms with van der Waals surface area (Å²) in [5, 5.41) is 2.79. The molecule has 0 radical (unpaired) electrons. The van der Waals surface area contributed by atoms with E-state index in [4.69, 9.17) is 0 Å². The van der Waals surface area contributed by atoms with Gasteiger partial charge in [-0.1, -0.05) is 49.4 Å². The average molecular weight is 458 g/mol. The summed E-state index contributed by atoms with van der Waals surface area (Å²) in [7, 11) is -3.99. The van der Waals surface area contributed by atoms with Crippen LogP contribution in [0.2, 0.25) is 0 Å². The summed E-state index contributed by atoms with van der Waals surface area (Å²) in [6.45, 7) is 3.97. The van der Waals surface area contributed by atoms with E-state index in [0.717, 1.165) is 16.3 Å². The molecule has 0 unspecified atom stereocenters. The Morgan fingerprint density at radius 3 is 2.38 bits per heavy atom. The fourth-order valence-electron chi connectivity index (χ4n) is 3.55. The summed E-state index contributed by atoms with van der Waals surface area (Å²) < 4.78 is 26.2. The molecule has 0 aliphatic carbocycles. The number of amides is 3. The van der Waals surface area contributed by atoms with Gasteiger partial charge in [-0.3, -0.25) is 14.4 Å². The number of rotatable bonds is 9. The third-order valence-corrected chi connectivity index (χ3v) is 7.19. The van der Waals surface area contributed by atoms with Crippen LogP contribution in [0, 0.1) is 0 Å². The zero-order chi connectivity index (χ0) is 23.3. The van der Waals surface area contributed by atoms with Crippen LogP contribution in [-0.2, 0) is 26.2 Å². The Balaban J connectivity index is 1.76. The Labute approximate surface area is 188 Å². The molecule has 1 heterocycles. The maximum Gasteiger partial charge on any atom is 0.269 e. The Hall–Kier alpha value is -3.20. The standard InChI is InChI=1S/C23H27N3O5S/c1-3-14-24-22(28)17(2)25(16-18-9-5-4-6-10-18)21(27)13-15-26-23(29)19-11-7-8-12-20(19)32(26,30)31/h4-12,17H,3,13-16H2,1-2H3,(H,24,28)/t17-/m1/s1. The Morgan fingerprint density at radius 2 is 1.72 bits per heavy atom. The molecule has 9 heteroatoms. The van der Waals surface area contributed by atoms with Crippen molar-refractivity contribution in [1.82, 2.24) is 14.5 Å². The van der Waals surface area contributed by atoms with Crippen molar-refractivity contribution in [2.75, 3.05) is 13.1 Å². The summed E-state index contributed by atoms with van der Waals surface area (Å²) in [5.41, 5.74) is 0.946. The van der Waals surface area contributed by atoms with Crippen LogP contribution in [0.4, 0.5) is 0 Å². The molecule has 1 N–H and O–H groups in total. The van der Waals surface area contributed by atoms with E-state index in [-0.39, 0.29) is 35.9 Å². The van der Waals surface area contributed by atoms with Gasteiger partial charge in [0.05, 0.1) is 5.56 Å². The van der Waals surface area contributed by atoms with E-state index in [1.54, 1.807) is 19.1 Å². The fourth-order valence-corrected chi connectivity index (χ4v) is 5.12. The number of sulfonamides is 1. The molecule has 3 amide bonds. The zero-order valence-electron chi connectivity index (χ0n) is 18.2.